The van der Waals surface area contributed by atoms with Crippen molar-refractivity contribution in [1.29, 1.82) is 0 Å². The Morgan fingerprint density at radius 2 is 1.95 bits per heavy atom. The largest absolute Gasteiger partial charge is 0.448 e. The predicted molar refractivity (Wildman–Crippen MR) is 76.3 cm³/mol. The number of rotatable bonds is 6. The van der Waals surface area contributed by atoms with Crippen LogP contribution in [0.5, 0.6) is 11.5 Å². The number of aromatic nitrogens is 2. The van der Waals surface area contributed by atoms with Crippen molar-refractivity contribution >= 4 is 0 Å². The molecule has 0 spiro atoms. The Morgan fingerprint density at radius 1 is 1.29 bits per heavy atom. The van der Waals surface area contributed by atoms with E-state index in [2.05, 4.69) is 5.10 Å². The summed E-state index contributed by atoms with van der Waals surface area (Å²) in [7, 11) is 0. The number of benzene rings is 1. The molecule has 1 aromatic carbocycles. The second kappa shape index (κ2) is 6.67. The number of ether oxygens (including phenoxy) is 1. The van der Waals surface area contributed by atoms with Gasteiger partial charge in [-0.25, -0.2) is 8.78 Å². The van der Waals surface area contributed by atoms with Gasteiger partial charge >= 0.3 is 0 Å². The summed E-state index contributed by atoms with van der Waals surface area (Å²) in [6, 6.07) is 2.41. The highest BCUT2D eigenvalue weighted by molar-refractivity contribution is 5.35. The third-order valence-corrected chi connectivity index (χ3v) is 3.23. The van der Waals surface area contributed by atoms with E-state index in [0.29, 0.717) is 24.3 Å². The third kappa shape index (κ3) is 3.78. The van der Waals surface area contributed by atoms with E-state index in [1.165, 1.54) is 18.3 Å². The molecule has 2 rings (SSSR count). The highest BCUT2D eigenvalue weighted by atomic mass is 19.1. The van der Waals surface area contributed by atoms with Crippen molar-refractivity contribution in [3.63, 3.8) is 0 Å². The van der Waals surface area contributed by atoms with E-state index in [1.54, 1.807) is 10.9 Å². The Balaban J connectivity index is 2.20. The maximum atomic E-state index is 14.0. The van der Waals surface area contributed by atoms with E-state index < -0.39 is 17.4 Å². The molecule has 0 aliphatic heterocycles. The van der Waals surface area contributed by atoms with E-state index in [-0.39, 0.29) is 6.04 Å². The smallest absolute Gasteiger partial charge is 0.198 e. The van der Waals surface area contributed by atoms with Gasteiger partial charge in [0.15, 0.2) is 23.1 Å². The molecule has 114 valence electrons. The third-order valence-electron chi connectivity index (χ3n) is 3.23. The van der Waals surface area contributed by atoms with Gasteiger partial charge in [-0.05, 0) is 37.5 Å². The number of nitrogens with two attached hydrogens (primary N) is 1. The zero-order chi connectivity index (χ0) is 15.4. The SMILES string of the molecule is CCC(N)Cc1cc(F)c(Oc2cnn(CC)c2)c(F)c1. The molecule has 0 amide bonds. The van der Waals surface area contributed by atoms with Crippen LogP contribution in [0.15, 0.2) is 24.5 Å². The molecule has 21 heavy (non-hydrogen) atoms. The highest BCUT2D eigenvalue weighted by Gasteiger charge is 2.15. The van der Waals surface area contributed by atoms with Crippen LogP contribution in [0.25, 0.3) is 0 Å². The predicted octanol–water partition coefficient (Wildman–Crippen LogP) is 3.25. The number of hydrogen-bond donors (Lipinski definition) is 1. The number of nitrogens with zero attached hydrogens (tertiary/aromatic N) is 2. The minimum absolute atomic E-state index is 0.113. The molecule has 0 aliphatic carbocycles. The Labute approximate surface area is 122 Å². The van der Waals surface area contributed by atoms with Crippen molar-refractivity contribution in [2.45, 2.75) is 39.3 Å². The minimum atomic E-state index is -0.738. The van der Waals surface area contributed by atoms with Crippen molar-refractivity contribution in [2.24, 2.45) is 5.73 Å². The standard InChI is InChI=1S/C15H19F2N3O/c1-3-11(18)5-10-6-13(16)15(14(17)7-10)21-12-8-19-20(4-2)9-12/h6-9,11H,3-5,18H2,1-2H3. The Bertz CT molecular complexity index is 590. The van der Waals surface area contributed by atoms with Gasteiger partial charge in [-0.15, -0.1) is 0 Å². The van der Waals surface area contributed by atoms with Gasteiger partial charge in [0.2, 0.25) is 0 Å². The summed E-state index contributed by atoms with van der Waals surface area (Å²) in [5.74, 6) is -1.60. The molecule has 0 fully saturated rings. The van der Waals surface area contributed by atoms with Gasteiger partial charge < -0.3 is 10.5 Å². The molecule has 1 heterocycles. The Kier molecular flexibility index (Phi) is 4.90. The number of aryl methyl sites for hydroxylation is 1. The molecular formula is C15H19F2N3O. The first-order valence-electron chi connectivity index (χ1n) is 6.97. The van der Waals surface area contributed by atoms with Gasteiger partial charge in [-0.3, -0.25) is 4.68 Å². The molecule has 0 saturated heterocycles. The zero-order valence-electron chi connectivity index (χ0n) is 12.1. The van der Waals surface area contributed by atoms with Crippen LogP contribution >= 0.6 is 0 Å². The first-order valence-corrected chi connectivity index (χ1v) is 6.97. The van der Waals surface area contributed by atoms with Crippen LogP contribution in [0.4, 0.5) is 8.78 Å². The van der Waals surface area contributed by atoms with E-state index in [9.17, 15) is 8.78 Å². The van der Waals surface area contributed by atoms with Crippen LogP contribution in [-0.4, -0.2) is 15.8 Å². The fourth-order valence-electron chi connectivity index (χ4n) is 1.96. The zero-order valence-corrected chi connectivity index (χ0v) is 12.1. The summed E-state index contributed by atoms with van der Waals surface area (Å²) < 4.78 is 34.9. The van der Waals surface area contributed by atoms with E-state index in [1.807, 2.05) is 13.8 Å². The summed E-state index contributed by atoms with van der Waals surface area (Å²) in [6.07, 6.45) is 4.18. The lowest BCUT2D eigenvalue weighted by Gasteiger charge is -2.11. The first-order chi connectivity index (χ1) is 10.0. The average molecular weight is 295 g/mol. The van der Waals surface area contributed by atoms with E-state index in [0.717, 1.165) is 6.42 Å². The molecule has 0 radical (unpaired) electrons. The molecule has 1 unspecified atom stereocenters. The van der Waals surface area contributed by atoms with Gasteiger partial charge in [0.05, 0.1) is 12.4 Å². The van der Waals surface area contributed by atoms with Gasteiger partial charge in [0, 0.05) is 12.6 Å². The quantitative estimate of drug-likeness (QED) is 0.890. The molecule has 1 aromatic heterocycles. The highest BCUT2D eigenvalue weighted by Crippen LogP contribution is 2.28. The van der Waals surface area contributed by atoms with Gasteiger partial charge in [-0.1, -0.05) is 6.92 Å². The lowest BCUT2D eigenvalue weighted by Crippen LogP contribution is -2.21. The van der Waals surface area contributed by atoms with Gasteiger partial charge in [0.1, 0.15) is 0 Å². The molecule has 2 N–H and O–H groups in total. The fraction of sp³-hybridized carbons (Fsp3) is 0.400. The van der Waals surface area contributed by atoms with Crippen molar-refractivity contribution in [1.82, 2.24) is 9.78 Å². The monoisotopic (exact) mass is 295 g/mol. The fourth-order valence-corrected chi connectivity index (χ4v) is 1.96. The van der Waals surface area contributed by atoms with Gasteiger partial charge in [0.25, 0.3) is 0 Å². The normalized spacial score (nSPS) is 12.4. The Hall–Kier alpha value is -1.95. The second-order valence-corrected chi connectivity index (χ2v) is 4.89. The summed E-state index contributed by atoms with van der Waals surface area (Å²) in [5, 5.41) is 3.99. The average Bonchev–Trinajstić information content (AvgIpc) is 2.90. The first kappa shape index (κ1) is 15.4. The summed E-state index contributed by atoms with van der Waals surface area (Å²) in [6.45, 7) is 4.49. The van der Waals surface area contributed by atoms with Crippen LogP contribution in [0.3, 0.4) is 0 Å². The molecule has 1 atom stereocenters. The number of hydrogen-bond acceptors (Lipinski definition) is 3. The van der Waals surface area contributed by atoms with Crippen molar-refractivity contribution in [3.05, 3.63) is 41.7 Å². The second-order valence-electron chi connectivity index (χ2n) is 4.89. The molecule has 4 nitrogen and oxygen atoms in total. The molecule has 0 bridgehead atoms. The van der Waals surface area contributed by atoms with Crippen molar-refractivity contribution < 1.29 is 13.5 Å². The van der Waals surface area contributed by atoms with Crippen LogP contribution in [0.2, 0.25) is 0 Å². The molecule has 6 heteroatoms. The topological polar surface area (TPSA) is 53.1 Å². The summed E-state index contributed by atoms with van der Waals surface area (Å²) in [4.78, 5) is 0. The van der Waals surface area contributed by atoms with Crippen LogP contribution in [0, 0.1) is 11.6 Å². The summed E-state index contributed by atoms with van der Waals surface area (Å²) >= 11 is 0. The van der Waals surface area contributed by atoms with E-state index in [4.69, 9.17) is 10.5 Å². The van der Waals surface area contributed by atoms with Crippen LogP contribution < -0.4 is 10.5 Å². The molecular weight excluding hydrogens is 276 g/mol. The molecule has 0 saturated carbocycles. The van der Waals surface area contributed by atoms with Crippen LogP contribution in [0.1, 0.15) is 25.8 Å². The lowest BCUT2D eigenvalue weighted by molar-refractivity contribution is 0.405. The lowest BCUT2D eigenvalue weighted by atomic mass is 10.0. The summed E-state index contributed by atoms with van der Waals surface area (Å²) in [5.41, 5.74) is 6.32. The van der Waals surface area contributed by atoms with E-state index >= 15 is 0 Å². The Morgan fingerprint density at radius 3 is 2.48 bits per heavy atom. The van der Waals surface area contributed by atoms with Gasteiger partial charge in [-0.2, -0.15) is 5.10 Å². The molecule has 0 aliphatic rings. The maximum Gasteiger partial charge on any atom is 0.198 e. The number of halogens is 2. The van der Waals surface area contributed by atoms with Crippen molar-refractivity contribution in [3.8, 4) is 11.5 Å². The maximum absolute atomic E-state index is 14.0. The molecule has 2 aromatic rings. The minimum Gasteiger partial charge on any atom is -0.448 e. The van der Waals surface area contributed by atoms with Crippen molar-refractivity contribution in [2.75, 3.05) is 0 Å². The van der Waals surface area contributed by atoms with Crippen LogP contribution in [-0.2, 0) is 13.0 Å².